The number of anilines is 1. The number of hydrogen-bond donors (Lipinski definition) is 2. The lowest BCUT2D eigenvalue weighted by Gasteiger charge is -2.12. The summed E-state index contributed by atoms with van der Waals surface area (Å²) in [6, 6.07) is 4.33. The van der Waals surface area contributed by atoms with Gasteiger partial charge in [0.2, 0.25) is 5.91 Å². The number of aryl methyl sites for hydroxylation is 1. The van der Waals surface area contributed by atoms with Crippen LogP contribution in [-0.2, 0) is 17.6 Å². The second-order valence-electron chi connectivity index (χ2n) is 5.75. The Morgan fingerprint density at radius 2 is 2.16 bits per heavy atom. The summed E-state index contributed by atoms with van der Waals surface area (Å²) < 4.78 is 13.2. The molecule has 2 amide bonds. The van der Waals surface area contributed by atoms with E-state index in [2.05, 4.69) is 5.32 Å². The highest BCUT2D eigenvalue weighted by Crippen LogP contribution is 2.39. The van der Waals surface area contributed by atoms with Crippen LogP contribution in [0.1, 0.15) is 34.1 Å². The third-order valence-electron chi connectivity index (χ3n) is 3.98. The molecule has 4 nitrogen and oxygen atoms in total. The van der Waals surface area contributed by atoms with E-state index in [0.29, 0.717) is 15.5 Å². The second-order valence-corrected chi connectivity index (χ2v) is 8.68. The highest BCUT2D eigenvalue weighted by Gasteiger charge is 2.27. The fourth-order valence-electron chi connectivity index (χ4n) is 2.77. The van der Waals surface area contributed by atoms with E-state index in [9.17, 15) is 14.0 Å². The number of halogens is 2. The van der Waals surface area contributed by atoms with E-state index in [1.165, 1.54) is 35.2 Å². The molecule has 2 aromatic rings. The fourth-order valence-corrected chi connectivity index (χ4v) is 5.22. The molecule has 1 aromatic heterocycles. The number of hydrogen-bond acceptors (Lipinski definition) is 4. The minimum absolute atomic E-state index is 0.0169. The van der Waals surface area contributed by atoms with Crippen molar-refractivity contribution in [3.63, 3.8) is 0 Å². The Bertz CT molecular complexity index is 853. The number of carbonyl (C=O) groups is 2. The molecule has 1 aliphatic rings. The maximum absolute atomic E-state index is 13.2. The number of rotatable bonds is 5. The number of carbonyl (C=O) groups excluding carboxylic acids is 2. The fraction of sp³-hybridized carbons (Fsp3) is 0.294. The smallest absolute Gasteiger partial charge is 0.251 e. The molecular weight excluding hydrogens is 383 g/mol. The van der Waals surface area contributed by atoms with Gasteiger partial charge in [-0.3, -0.25) is 9.59 Å². The molecular formula is C17H16ClFN2O2S2. The molecule has 8 heteroatoms. The van der Waals surface area contributed by atoms with Crippen molar-refractivity contribution in [3.05, 3.63) is 45.0 Å². The third kappa shape index (κ3) is 3.83. The van der Waals surface area contributed by atoms with E-state index in [-0.39, 0.29) is 10.9 Å². The molecule has 0 saturated carbocycles. The van der Waals surface area contributed by atoms with Gasteiger partial charge in [-0.15, -0.1) is 23.1 Å². The van der Waals surface area contributed by atoms with Gasteiger partial charge in [0.05, 0.1) is 15.8 Å². The standard InChI is InChI=1S/C17H16ClFN2O2S2/c1-8(24-9-5-6-12(19)11(18)7-9)16(23)21-17-14(15(20)22)10-3-2-4-13(10)25-17/h5-8H,2-4H2,1H3,(H2,20,22)(H,21,23)/t8-/m0/s1. The molecule has 0 aliphatic heterocycles. The first-order valence-electron chi connectivity index (χ1n) is 7.73. The summed E-state index contributed by atoms with van der Waals surface area (Å²) >= 11 is 8.45. The molecule has 1 heterocycles. The van der Waals surface area contributed by atoms with Crippen LogP contribution in [0, 0.1) is 5.82 Å². The van der Waals surface area contributed by atoms with Gasteiger partial charge in [-0.25, -0.2) is 4.39 Å². The predicted molar refractivity (Wildman–Crippen MR) is 100 cm³/mol. The van der Waals surface area contributed by atoms with Crippen molar-refractivity contribution >= 4 is 51.5 Å². The maximum Gasteiger partial charge on any atom is 0.251 e. The van der Waals surface area contributed by atoms with E-state index in [0.717, 1.165) is 29.7 Å². The Morgan fingerprint density at radius 1 is 1.40 bits per heavy atom. The van der Waals surface area contributed by atoms with Crippen LogP contribution in [0.3, 0.4) is 0 Å². The lowest BCUT2D eigenvalue weighted by Crippen LogP contribution is -2.24. The normalized spacial score (nSPS) is 14.2. The molecule has 1 aromatic carbocycles. The van der Waals surface area contributed by atoms with Crippen molar-refractivity contribution in [3.8, 4) is 0 Å². The molecule has 0 fully saturated rings. The lowest BCUT2D eigenvalue weighted by molar-refractivity contribution is -0.115. The number of fused-ring (bicyclic) bond motifs is 1. The number of thiophene rings is 1. The number of nitrogens with one attached hydrogen (secondary N) is 1. The molecule has 0 unspecified atom stereocenters. The number of amides is 2. The minimum Gasteiger partial charge on any atom is -0.365 e. The number of benzene rings is 1. The Kier molecular flexibility index (Phi) is 5.36. The van der Waals surface area contributed by atoms with Crippen molar-refractivity contribution in [1.82, 2.24) is 0 Å². The van der Waals surface area contributed by atoms with Crippen molar-refractivity contribution in [2.45, 2.75) is 36.3 Å². The van der Waals surface area contributed by atoms with Gasteiger partial charge in [0.25, 0.3) is 5.91 Å². The Morgan fingerprint density at radius 3 is 2.84 bits per heavy atom. The van der Waals surface area contributed by atoms with E-state index in [1.807, 2.05) is 0 Å². The molecule has 25 heavy (non-hydrogen) atoms. The highest BCUT2D eigenvalue weighted by atomic mass is 35.5. The number of nitrogens with two attached hydrogens (primary N) is 1. The van der Waals surface area contributed by atoms with Crippen LogP contribution in [0.25, 0.3) is 0 Å². The van der Waals surface area contributed by atoms with Crippen LogP contribution < -0.4 is 11.1 Å². The van der Waals surface area contributed by atoms with Crippen LogP contribution in [0.2, 0.25) is 5.02 Å². The number of thioether (sulfide) groups is 1. The van der Waals surface area contributed by atoms with Crippen molar-refractivity contribution < 1.29 is 14.0 Å². The van der Waals surface area contributed by atoms with Gasteiger partial charge in [0.15, 0.2) is 0 Å². The molecule has 1 aliphatic carbocycles. The summed E-state index contributed by atoms with van der Waals surface area (Å²) in [5, 5.41) is 2.91. The molecule has 0 radical (unpaired) electrons. The first-order valence-corrected chi connectivity index (χ1v) is 9.81. The Hall–Kier alpha value is -1.57. The van der Waals surface area contributed by atoms with Gasteiger partial charge in [0, 0.05) is 9.77 Å². The van der Waals surface area contributed by atoms with Gasteiger partial charge >= 0.3 is 0 Å². The van der Waals surface area contributed by atoms with Gasteiger partial charge in [0.1, 0.15) is 10.8 Å². The Labute approximate surface area is 157 Å². The quantitative estimate of drug-likeness (QED) is 0.739. The van der Waals surface area contributed by atoms with Gasteiger partial charge in [-0.2, -0.15) is 0 Å². The average Bonchev–Trinajstić information content (AvgIpc) is 3.10. The summed E-state index contributed by atoms with van der Waals surface area (Å²) in [4.78, 5) is 26.1. The molecule has 0 saturated heterocycles. The van der Waals surface area contributed by atoms with Crippen LogP contribution in [0.5, 0.6) is 0 Å². The van der Waals surface area contributed by atoms with E-state index < -0.39 is 17.0 Å². The average molecular weight is 399 g/mol. The van der Waals surface area contributed by atoms with E-state index >= 15 is 0 Å². The van der Waals surface area contributed by atoms with Crippen LogP contribution in [0.4, 0.5) is 9.39 Å². The zero-order valence-corrected chi connectivity index (χ0v) is 15.8. The van der Waals surface area contributed by atoms with Crippen LogP contribution in [0.15, 0.2) is 23.1 Å². The highest BCUT2D eigenvalue weighted by molar-refractivity contribution is 8.00. The topological polar surface area (TPSA) is 72.2 Å². The summed E-state index contributed by atoms with van der Waals surface area (Å²) in [7, 11) is 0. The Balaban J connectivity index is 1.74. The predicted octanol–water partition coefficient (Wildman–Crippen LogP) is 4.25. The summed E-state index contributed by atoms with van der Waals surface area (Å²) in [6.07, 6.45) is 2.74. The SMILES string of the molecule is C[C@H](Sc1ccc(F)c(Cl)c1)C(=O)Nc1sc2c(c1C(N)=O)CCC2. The largest absolute Gasteiger partial charge is 0.365 e. The zero-order chi connectivity index (χ0) is 18.1. The summed E-state index contributed by atoms with van der Waals surface area (Å²) in [5.41, 5.74) is 6.91. The second kappa shape index (κ2) is 7.35. The van der Waals surface area contributed by atoms with E-state index in [4.69, 9.17) is 17.3 Å². The lowest BCUT2D eigenvalue weighted by atomic mass is 10.1. The van der Waals surface area contributed by atoms with Gasteiger partial charge in [-0.1, -0.05) is 11.6 Å². The van der Waals surface area contributed by atoms with Gasteiger partial charge < -0.3 is 11.1 Å². The van der Waals surface area contributed by atoms with Crippen LogP contribution >= 0.6 is 34.7 Å². The first-order chi connectivity index (χ1) is 11.9. The molecule has 0 spiro atoms. The molecule has 3 rings (SSSR count). The molecule has 132 valence electrons. The summed E-state index contributed by atoms with van der Waals surface area (Å²) in [6.45, 7) is 1.74. The molecule has 1 atom stereocenters. The zero-order valence-electron chi connectivity index (χ0n) is 13.4. The van der Waals surface area contributed by atoms with Crippen LogP contribution in [-0.4, -0.2) is 17.1 Å². The monoisotopic (exact) mass is 398 g/mol. The van der Waals surface area contributed by atoms with Gasteiger partial charge in [-0.05, 0) is 49.9 Å². The van der Waals surface area contributed by atoms with Crippen molar-refractivity contribution in [2.24, 2.45) is 5.73 Å². The molecule has 3 N–H and O–H groups in total. The number of primary amides is 1. The maximum atomic E-state index is 13.2. The minimum atomic E-state index is -0.514. The van der Waals surface area contributed by atoms with Crippen molar-refractivity contribution in [1.29, 1.82) is 0 Å². The van der Waals surface area contributed by atoms with E-state index in [1.54, 1.807) is 13.0 Å². The first kappa shape index (κ1) is 18.2. The molecule has 0 bridgehead atoms. The third-order valence-corrected chi connectivity index (χ3v) is 6.57. The summed E-state index contributed by atoms with van der Waals surface area (Å²) in [5.74, 6) is -1.25. The van der Waals surface area contributed by atoms with Crippen molar-refractivity contribution in [2.75, 3.05) is 5.32 Å².